The molecule has 0 aliphatic rings. The quantitative estimate of drug-likeness (QED) is 0.512. The van der Waals surface area contributed by atoms with E-state index in [9.17, 15) is 18.0 Å². The Kier molecular flexibility index (Phi) is 4.70. The maximum Gasteiger partial charge on any atom is 0.274 e. The Morgan fingerprint density at radius 1 is 1.13 bits per heavy atom. The molecule has 1 amide bonds. The number of aryl methyl sites for hydroxylation is 1. The highest BCUT2D eigenvalue weighted by Gasteiger charge is 2.21. The Hall–Kier alpha value is -3.79. The lowest BCUT2D eigenvalue weighted by Crippen LogP contribution is -2.25. The van der Waals surface area contributed by atoms with Gasteiger partial charge in [0.25, 0.3) is 5.56 Å². The maximum absolute atomic E-state index is 12.9. The summed E-state index contributed by atoms with van der Waals surface area (Å²) in [5.74, 6) is -0.594. The van der Waals surface area contributed by atoms with Gasteiger partial charge in [0.1, 0.15) is 0 Å². The molecule has 4 rings (SSSR count). The molecule has 0 saturated carbocycles. The second kappa shape index (κ2) is 7.23. The molecule has 2 aromatic carbocycles. The van der Waals surface area contributed by atoms with Crippen LogP contribution >= 0.6 is 0 Å². The normalized spacial score (nSPS) is 11.6. The van der Waals surface area contributed by atoms with E-state index in [1.807, 2.05) is 0 Å². The molecule has 9 nitrogen and oxygen atoms in total. The monoisotopic (exact) mass is 423 g/mol. The molecule has 0 bridgehead atoms. The first kappa shape index (κ1) is 19.5. The number of benzene rings is 2. The second-order valence-corrected chi connectivity index (χ2v) is 8.61. The molecule has 0 atom stereocenters. The molecule has 30 heavy (non-hydrogen) atoms. The molecular weight excluding hydrogens is 406 g/mol. The van der Waals surface area contributed by atoms with Crippen LogP contribution in [-0.4, -0.2) is 33.9 Å². The van der Waals surface area contributed by atoms with Gasteiger partial charge >= 0.3 is 0 Å². The maximum atomic E-state index is 12.9. The van der Waals surface area contributed by atoms with Gasteiger partial charge in [-0.05, 0) is 35.9 Å². The van der Waals surface area contributed by atoms with E-state index in [1.54, 1.807) is 31.3 Å². The number of primary amides is 1. The summed E-state index contributed by atoms with van der Waals surface area (Å²) in [5, 5.41) is 8.71. The summed E-state index contributed by atoms with van der Waals surface area (Å²) >= 11 is 0. The number of rotatable bonds is 5. The fourth-order valence-electron chi connectivity index (χ4n) is 3.16. The van der Waals surface area contributed by atoms with Crippen molar-refractivity contribution in [3.8, 4) is 0 Å². The first-order chi connectivity index (χ1) is 14.3. The van der Waals surface area contributed by atoms with Gasteiger partial charge in [0, 0.05) is 24.2 Å². The Balaban J connectivity index is 1.76. The highest BCUT2D eigenvalue weighted by molar-refractivity contribution is 7.91. The van der Waals surface area contributed by atoms with Crippen LogP contribution in [0.25, 0.3) is 10.8 Å². The zero-order chi connectivity index (χ0) is 21.5. The highest BCUT2D eigenvalue weighted by Crippen LogP contribution is 2.22. The highest BCUT2D eigenvalue weighted by atomic mass is 32.2. The molecule has 10 heteroatoms. The van der Waals surface area contributed by atoms with Crippen LogP contribution in [0.1, 0.15) is 15.9 Å². The molecular formula is C20H17N5O4S. The van der Waals surface area contributed by atoms with Crippen molar-refractivity contribution in [3.63, 3.8) is 0 Å². The van der Waals surface area contributed by atoms with Gasteiger partial charge in [0.2, 0.25) is 15.7 Å². The van der Waals surface area contributed by atoms with E-state index < -0.39 is 21.3 Å². The van der Waals surface area contributed by atoms with Crippen molar-refractivity contribution in [2.75, 3.05) is 0 Å². The number of fused-ring (bicyclic) bond motifs is 1. The lowest BCUT2D eigenvalue weighted by molar-refractivity contribution is 0.0999. The third-order valence-electron chi connectivity index (χ3n) is 4.70. The van der Waals surface area contributed by atoms with E-state index >= 15 is 0 Å². The number of carbonyl (C=O) groups excluding carboxylic acids is 1. The zero-order valence-corrected chi connectivity index (χ0v) is 16.7. The average molecular weight is 423 g/mol. The largest absolute Gasteiger partial charge is 0.366 e. The summed E-state index contributed by atoms with van der Waals surface area (Å²) < 4.78 is 28.1. The second-order valence-electron chi connectivity index (χ2n) is 6.71. The molecule has 2 aromatic heterocycles. The van der Waals surface area contributed by atoms with E-state index in [1.165, 1.54) is 46.0 Å². The van der Waals surface area contributed by atoms with Crippen molar-refractivity contribution in [2.24, 2.45) is 12.8 Å². The summed E-state index contributed by atoms with van der Waals surface area (Å²) in [7, 11) is -2.19. The Labute approximate surface area is 171 Å². The van der Waals surface area contributed by atoms with Crippen LogP contribution in [0, 0.1) is 0 Å². The van der Waals surface area contributed by atoms with Crippen LogP contribution in [-0.2, 0) is 23.4 Å². The molecule has 2 heterocycles. The molecule has 0 aliphatic heterocycles. The number of carbonyl (C=O) groups is 1. The van der Waals surface area contributed by atoms with Crippen molar-refractivity contribution in [3.05, 3.63) is 82.4 Å². The van der Waals surface area contributed by atoms with Gasteiger partial charge in [0.05, 0.1) is 23.0 Å². The van der Waals surface area contributed by atoms with E-state index in [0.29, 0.717) is 21.9 Å². The number of hydrogen-bond acceptors (Lipinski definition) is 6. The first-order valence-corrected chi connectivity index (χ1v) is 10.4. The number of hydrogen-bond donors (Lipinski definition) is 1. The van der Waals surface area contributed by atoms with Crippen molar-refractivity contribution in [1.82, 2.24) is 19.6 Å². The van der Waals surface area contributed by atoms with Gasteiger partial charge in [-0.25, -0.2) is 13.1 Å². The van der Waals surface area contributed by atoms with E-state index in [4.69, 9.17) is 5.73 Å². The molecule has 152 valence electrons. The van der Waals surface area contributed by atoms with E-state index in [0.717, 1.165) is 0 Å². The topological polar surface area (TPSA) is 130 Å². The van der Waals surface area contributed by atoms with Crippen molar-refractivity contribution < 1.29 is 13.2 Å². The third-order valence-corrected chi connectivity index (χ3v) is 6.34. The minimum Gasteiger partial charge on any atom is -0.366 e. The van der Waals surface area contributed by atoms with Gasteiger partial charge in [-0.1, -0.05) is 18.2 Å². The minimum atomic E-state index is -3.82. The van der Waals surface area contributed by atoms with Crippen LogP contribution in [0.2, 0.25) is 0 Å². The number of sulfone groups is 1. The van der Waals surface area contributed by atoms with Gasteiger partial charge in [0.15, 0.2) is 5.03 Å². The van der Waals surface area contributed by atoms with Crippen LogP contribution in [0.5, 0.6) is 0 Å². The fraction of sp³-hybridized carbons (Fsp3) is 0.100. The molecule has 0 aliphatic carbocycles. The third kappa shape index (κ3) is 3.37. The molecule has 0 saturated heterocycles. The van der Waals surface area contributed by atoms with Crippen LogP contribution in [0.4, 0.5) is 0 Å². The smallest absolute Gasteiger partial charge is 0.274 e. The van der Waals surface area contributed by atoms with Crippen molar-refractivity contribution >= 4 is 26.5 Å². The zero-order valence-electron chi connectivity index (χ0n) is 15.9. The summed E-state index contributed by atoms with van der Waals surface area (Å²) in [6, 6.07) is 12.3. The Bertz CT molecular complexity index is 1450. The number of amides is 1. The predicted molar refractivity (Wildman–Crippen MR) is 109 cm³/mol. The number of nitrogens with two attached hydrogens (primary N) is 1. The van der Waals surface area contributed by atoms with E-state index in [2.05, 4.69) is 10.2 Å². The Morgan fingerprint density at radius 2 is 1.90 bits per heavy atom. The SMILES string of the molecule is Cn1ccc(S(=O)(=O)c2ccc3c(=O)n(Cc4ccccc4C(N)=O)ncc3c2)n1. The fourth-order valence-corrected chi connectivity index (χ4v) is 4.41. The van der Waals surface area contributed by atoms with E-state index in [-0.39, 0.29) is 16.5 Å². The standard InChI is InChI=1S/C20H17N5O4S/c1-24-9-8-18(23-24)30(28,29)15-6-7-17-14(10-15)11-22-25(20(17)27)12-13-4-2-3-5-16(13)19(21)26/h2-11H,12H2,1H3,(H2,21,26). The van der Waals surface area contributed by atoms with Crippen molar-refractivity contribution in [2.45, 2.75) is 16.5 Å². The van der Waals surface area contributed by atoms with Crippen LogP contribution in [0.15, 0.2) is 75.6 Å². The van der Waals surface area contributed by atoms with Gasteiger partial charge in [-0.3, -0.25) is 14.3 Å². The summed E-state index contributed by atoms with van der Waals surface area (Å²) in [4.78, 5) is 24.5. The molecule has 0 fully saturated rings. The lowest BCUT2D eigenvalue weighted by atomic mass is 10.1. The molecule has 4 aromatic rings. The predicted octanol–water partition coefficient (Wildman–Crippen LogP) is 1.11. The van der Waals surface area contributed by atoms with Gasteiger partial charge in [-0.15, -0.1) is 0 Å². The summed E-state index contributed by atoms with van der Waals surface area (Å²) in [6.45, 7) is 0.0574. The average Bonchev–Trinajstić information content (AvgIpc) is 3.17. The van der Waals surface area contributed by atoms with Crippen LogP contribution < -0.4 is 11.3 Å². The first-order valence-electron chi connectivity index (χ1n) is 8.90. The van der Waals surface area contributed by atoms with Gasteiger partial charge < -0.3 is 5.73 Å². The summed E-state index contributed by atoms with van der Waals surface area (Å²) in [5.41, 5.74) is 5.86. The van der Waals surface area contributed by atoms with Crippen LogP contribution in [0.3, 0.4) is 0 Å². The summed E-state index contributed by atoms with van der Waals surface area (Å²) in [6.07, 6.45) is 2.96. The minimum absolute atomic E-state index is 0.0201. The lowest BCUT2D eigenvalue weighted by Gasteiger charge is -2.10. The number of nitrogens with zero attached hydrogens (tertiary/aromatic N) is 4. The Morgan fingerprint density at radius 3 is 2.60 bits per heavy atom. The molecule has 0 radical (unpaired) electrons. The molecule has 2 N–H and O–H groups in total. The number of aromatic nitrogens is 4. The van der Waals surface area contributed by atoms with Gasteiger partial charge in [-0.2, -0.15) is 10.2 Å². The molecule has 0 spiro atoms. The molecule has 0 unspecified atom stereocenters. The van der Waals surface area contributed by atoms with Crippen molar-refractivity contribution in [1.29, 1.82) is 0 Å².